The van der Waals surface area contributed by atoms with Crippen LogP contribution in [0.15, 0.2) is 0 Å². The van der Waals surface area contributed by atoms with Crippen molar-refractivity contribution >= 4 is 24.0 Å². The van der Waals surface area contributed by atoms with Gasteiger partial charge in [-0.2, -0.15) is 0 Å². The maximum Gasteiger partial charge on any atom is 0.225 e. The molecular formula is C38H65N5O12. The van der Waals surface area contributed by atoms with Gasteiger partial charge in [0.05, 0.1) is 37.3 Å². The summed E-state index contributed by atoms with van der Waals surface area (Å²) >= 11 is 0. The van der Waals surface area contributed by atoms with E-state index in [0.717, 1.165) is 0 Å². The monoisotopic (exact) mass is 783 g/mol. The Balaban J connectivity index is 1.54. The Labute approximate surface area is 324 Å². The minimum atomic E-state index is -1.08. The molecule has 0 bridgehead atoms. The third-order valence-electron chi connectivity index (χ3n) is 11.6. The number of amides is 3. The quantitative estimate of drug-likeness (QED) is 0.0585. The van der Waals surface area contributed by atoms with Crippen molar-refractivity contribution in [3.8, 4) is 0 Å². The average molecular weight is 784 g/mol. The minimum Gasteiger partial charge on any atom is -0.378 e. The molecule has 314 valence electrons. The van der Waals surface area contributed by atoms with Gasteiger partial charge in [-0.05, 0) is 71.6 Å². The standard InChI is InChI=1S/C38H65N5O12/c1-7-37(5,35(46)39-14-8-16-52-28-10-12-31(42(48)49)27(20-28)23-44)24-38(6,22-26(4)33(45)41-25(2)3)36(47)40-15-9-17-53-29-11-13-32(43(50)51)30(21-29)34-54-18-19-55-34/h23,25-32,34H,7-22,24H2,1-6H3,(H,39,46)(H,40,47)(H,41,45). The van der Waals surface area contributed by atoms with Crippen LogP contribution in [0.3, 0.4) is 0 Å². The molecule has 2 aliphatic carbocycles. The molecule has 9 unspecified atom stereocenters. The largest absolute Gasteiger partial charge is 0.378 e. The second-order valence-corrected chi connectivity index (χ2v) is 16.5. The first-order chi connectivity index (χ1) is 26.0. The number of ether oxygens (including phenoxy) is 4. The van der Waals surface area contributed by atoms with E-state index in [9.17, 15) is 39.4 Å². The first kappa shape index (κ1) is 46.1. The molecule has 3 N–H and O–H groups in total. The lowest BCUT2D eigenvalue weighted by Crippen LogP contribution is -2.49. The summed E-state index contributed by atoms with van der Waals surface area (Å²) in [5.41, 5.74) is -2.01. The average Bonchev–Trinajstić information content (AvgIpc) is 3.69. The zero-order valence-electron chi connectivity index (χ0n) is 33.6. The first-order valence-corrected chi connectivity index (χ1v) is 20.1. The number of hydrogen-bond acceptors (Lipinski definition) is 12. The molecule has 1 heterocycles. The summed E-state index contributed by atoms with van der Waals surface area (Å²) in [5, 5.41) is 31.8. The van der Waals surface area contributed by atoms with Gasteiger partial charge >= 0.3 is 0 Å². The van der Waals surface area contributed by atoms with Crippen LogP contribution >= 0.6 is 0 Å². The van der Waals surface area contributed by atoms with Crippen LogP contribution in [0.5, 0.6) is 0 Å². The van der Waals surface area contributed by atoms with Crippen molar-refractivity contribution in [1.29, 1.82) is 0 Å². The summed E-state index contributed by atoms with van der Waals surface area (Å²) in [4.78, 5) is 74.3. The summed E-state index contributed by atoms with van der Waals surface area (Å²) in [5.74, 6) is -2.22. The van der Waals surface area contributed by atoms with E-state index < -0.39 is 51.9 Å². The fourth-order valence-corrected chi connectivity index (χ4v) is 8.33. The summed E-state index contributed by atoms with van der Waals surface area (Å²) in [6.45, 7) is 13.2. The van der Waals surface area contributed by atoms with Crippen LogP contribution in [0.25, 0.3) is 0 Å². The molecule has 3 rings (SSSR count). The highest BCUT2D eigenvalue weighted by Crippen LogP contribution is 2.42. The number of nitro groups is 2. The minimum absolute atomic E-state index is 0.0729. The van der Waals surface area contributed by atoms with Gasteiger partial charge in [-0.3, -0.25) is 34.6 Å². The number of carbonyl (C=O) groups excluding carboxylic acids is 4. The molecule has 55 heavy (non-hydrogen) atoms. The van der Waals surface area contributed by atoms with Crippen molar-refractivity contribution in [3.63, 3.8) is 0 Å². The van der Waals surface area contributed by atoms with Gasteiger partial charge in [0.25, 0.3) is 0 Å². The molecule has 3 aliphatic rings. The fourth-order valence-electron chi connectivity index (χ4n) is 8.33. The molecule has 0 aromatic carbocycles. The lowest BCUT2D eigenvalue weighted by atomic mass is 9.67. The Morgan fingerprint density at radius 3 is 1.87 bits per heavy atom. The van der Waals surface area contributed by atoms with Crippen LogP contribution in [0.2, 0.25) is 0 Å². The van der Waals surface area contributed by atoms with E-state index in [1.807, 2.05) is 27.7 Å². The van der Waals surface area contributed by atoms with E-state index in [2.05, 4.69) is 16.0 Å². The van der Waals surface area contributed by atoms with Gasteiger partial charge in [0.2, 0.25) is 29.8 Å². The Morgan fingerprint density at radius 1 is 0.836 bits per heavy atom. The van der Waals surface area contributed by atoms with Gasteiger partial charge in [0, 0.05) is 71.8 Å². The molecule has 0 aromatic heterocycles. The highest BCUT2D eigenvalue weighted by molar-refractivity contribution is 5.87. The smallest absolute Gasteiger partial charge is 0.225 e. The van der Waals surface area contributed by atoms with Crippen molar-refractivity contribution in [2.75, 3.05) is 39.5 Å². The number of aldehydes is 1. The van der Waals surface area contributed by atoms with E-state index >= 15 is 0 Å². The van der Waals surface area contributed by atoms with Crippen molar-refractivity contribution in [2.24, 2.45) is 28.6 Å². The summed E-state index contributed by atoms with van der Waals surface area (Å²) in [7, 11) is 0. The SMILES string of the molecule is CCC(C)(CC(C)(CC(C)C(=O)NC(C)C)C(=O)NCCCOC1CCC([N+](=O)[O-])C(C2OCCO2)C1)C(=O)NCCCOC1CCC([N+](=O)[O-])C(C=O)C1. The van der Waals surface area contributed by atoms with Crippen LogP contribution in [0.4, 0.5) is 0 Å². The van der Waals surface area contributed by atoms with Gasteiger partial charge in [0.15, 0.2) is 6.29 Å². The molecule has 17 nitrogen and oxygen atoms in total. The Hall–Kier alpha value is -3.28. The number of rotatable bonds is 23. The Morgan fingerprint density at radius 2 is 1.36 bits per heavy atom. The van der Waals surface area contributed by atoms with E-state index in [0.29, 0.717) is 97.2 Å². The van der Waals surface area contributed by atoms with Crippen molar-refractivity contribution < 1.29 is 48.0 Å². The van der Waals surface area contributed by atoms with Crippen LogP contribution in [0.1, 0.15) is 112 Å². The zero-order valence-corrected chi connectivity index (χ0v) is 33.6. The highest BCUT2D eigenvalue weighted by Gasteiger charge is 2.47. The van der Waals surface area contributed by atoms with Gasteiger partial charge in [-0.25, -0.2) is 0 Å². The van der Waals surface area contributed by atoms with Crippen LogP contribution in [-0.2, 0) is 38.1 Å². The van der Waals surface area contributed by atoms with Gasteiger partial charge < -0.3 is 39.7 Å². The van der Waals surface area contributed by atoms with E-state index in [4.69, 9.17) is 18.9 Å². The topological polar surface area (TPSA) is 228 Å². The molecule has 2 saturated carbocycles. The van der Waals surface area contributed by atoms with Gasteiger partial charge in [-0.15, -0.1) is 0 Å². The lowest BCUT2D eigenvalue weighted by Gasteiger charge is -2.38. The molecule has 3 amide bonds. The van der Waals surface area contributed by atoms with Crippen molar-refractivity contribution in [3.05, 3.63) is 20.2 Å². The second kappa shape index (κ2) is 21.9. The highest BCUT2D eigenvalue weighted by atomic mass is 16.7. The Kier molecular flexibility index (Phi) is 18.3. The molecule has 1 aliphatic heterocycles. The maximum absolute atomic E-state index is 14.0. The normalized spacial score (nSPS) is 27.3. The third kappa shape index (κ3) is 13.7. The van der Waals surface area contributed by atoms with E-state index in [-0.39, 0.29) is 60.2 Å². The molecule has 0 aromatic rings. The van der Waals surface area contributed by atoms with Crippen LogP contribution in [0, 0.1) is 48.8 Å². The third-order valence-corrected chi connectivity index (χ3v) is 11.6. The molecule has 17 heteroatoms. The molecule has 9 atom stereocenters. The maximum atomic E-state index is 14.0. The van der Waals surface area contributed by atoms with Crippen LogP contribution in [-0.4, -0.2) is 110 Å². The number of hydrogen-bond donors (Lipinski definition) is 3. The van der Waals surface area contributed by atoms with Crippen molar-refractivity contribution in [2.45, 2.75) is 149 Å². The van der Waals surface area contributed by atoms with E-state index in [1.54, 1.807) is 13.8 Å². The first-order valence-electron chi connectivity index (χ1n) is 20.1. The lowest BCUT2D eigenvalue weighted by molar-refractivity contribution is -0.542. The summed E-state index contributed by atoms with van der Waals surface area (Å²) < 4.78 is 23.2. The fraction of sp³-hybridized carbons (Fsp3) is 0.895. The van der Waals surface area contributed by atoms with Crippen LogP contribution < -0.4 is 16.0 Å². The van der Waals surface area contributed by atoms with Crippen molar-refractivity contribution in [1.82, 2.24) is 16.0 Å². The Bertz CT molecular complexity index is 1300. The molecule has 3 fully saturated rings. The van der Waals surface area contributed by atoms with Gasteiger partial charge in [-0.1, -0.05) is 27.7 Å². The molecule has 1 saturated heterocycles. The van der Waals surface area contributed by atoms with Gasteiger partial charge in [0.1, 0.15) is 6.29 Å². The predicted molar refractivity (Wildman–Crippen MR) is 201 cm³/mol. The second-order valence-electron chi connectivity index (χ2n) is 16.5. The number of nitrogens with zero attached hydrogens (tertiary/aromatic N) is 2. The predicted octanol–water partition coefficient (Wildman–Crippen LogP) is 3.60. The molecule has 0 spiro atoms. The molecule has 0 radical (unpaired) electrons. The van der Waals surface area contributed by atoms with E-state index in [1.165, 1.54) is 0 Å². The summed E-state index contributed by atoms with van der Waals surface area (Å²) in [6, 6.07) is -1.69. The molecular weight excluding hydrogens is 718 g/mol. The number of nitrogens with one attached hydrogen (secondary N) is 3. The summed E-state index contributed by atoms with van der Waals surface area (Å²) in [6.07, 6.45) is 3.92. The number of carbonyl (C=O) groups is 4. The zero-order chi connectivity index (χ0) is 40.8.